The molecule has 7 atom stereocenters. The fraction of sp³-hybridized carbons (Fsp3) is 0.816. The molecule has 0 aromatic carbocycles. The first-order chi connectivity index (χ1) is 22.8. The van der Waals surface area contributed by atoms with Crippen LogP contribution >= 0.6 is 0 Å². The Morgan fingerprint density at radius 1 is 0.702 bits per heavy atom. The van der Waals surface area contributed by atoms with Crippen LogP contribution in [0.5, 0.6) is 0 Å². The molecule has 1 saturated heterocycles. The Bertz CT molecular complexity index is 833. The summed E-state index contributed by atoms with van der Waals surface area (Å²) in [5.41, 5.74) is 0. The second-order valence-corrected chi connectivity index (χ2v) is 13.0. The van der Waals surface area contributed by atoms with Gasteiger partial charge in [0.15, 0.2) is 6.29 Å². The molecule has 0 radical (unpaired) electrons. The number of carbonyl (C=O) groups is 1. The summed E-state index contributed by atoms with van der Waals surface area (Å²) in [6, 6.07) is -0.821. The molecule has 274 valence electrons. The fourth-order valence-electron chi connectivity index (χ4n) is 5.57. The van der Waals surface area contributed by atoms with Crippen molar-refractivity contribution in [3.63, 3.8) is 0 Å². The van der Waals surface area contributed by atoms with Crippen LogP contribution in [0, 0.1) is 0 Å². The van der Waals surface area contributed by atoms with Crippen LogP contribution in [0.4, 0.5) is 0 Å². The molecule has 6 N–H and O–H groups in total. The Labute approximate surface area is 285 Å². The van der Waals surface area contributed by atoms with Crippen molar-refractivity contribution >= 4 is 5.91 Å². The maximum atomic E-state index is 12.8. The van der Waals surface area contributed by atoms with Gasteiger partial charge in [0.25, 0.3) is 0 Å². The van der Waals surface area contributed by atoms with Crippen molar-refractivity contribution in [1.29, 1.82) is 0 Å². The van der Waals surface area contributed by atoms with Crippen molar-refractivity contribution in [3.8, 4) is 0 Å². The Hall–Kier alpha value is -1.59. The summed E-state index contributed by atoms with van der Waals surface area (Å²) in [5, 5.41) is 53.8. The van der Waals surface area contributed by atoms with Gasteiger partial charge in [0, 0.05) is 6.42 Å². The van der Waals surface area contributed by atoms with Crippen LogP contribution in [0.2, 0.25) is 0 Å². The topological polar surface area (TPSA) is 149 Å². The van der Waals surface area contributed by atoms with E-state index in [0.717, 1.165) is 57.8 Å². The number of carbonyl (C=O) groups excluding carboxylic acids is 1. The summed E-state index contributed by atoms with van der Waals surface area (Å²) < 4.78 is 11.1. The van der Waals surface area contributed by atoms with Gasteiger partial charge in [-0.2, -0.15) is 0 Å². The third-order valence-corrected chi connectivity index (χ3v) is 8.69. The minimum Gasteiger partial charge on any atom is -0.394 e. The fourth-order valence-corrected chi connectivity index (χ4v) is 5.57. The van der Waals surface area contributed by atoms with E-state index >= 15 is 0 Å². The Balaban J connectivity index is 2.51. The summed E-state index contributed by atoms with van der Waals surface area (Å²) in [7, 11) is 0. The highest BCUT2D eigenvalue weighted by Gasteiger charge is 2.44. The van der Waals surface area contributed by atoms with Crippen LogP contribution in [0.15, 0.2) is 36.5 Å². The zero-order chi connectivity index (χ0) is 34.5. The number of aliphatic hydroxyl groups excluding tert-OH is 5. The lowest BCUT2D eigenvalue weighted by Gasteiger charge is -2.40. The Morgan fingerprint density at radius 2 is 1.21 bits per heavy atom. The van der Waals surface area contributed by atoms with Crippen LogP contribution < -0.4 is 5.32 Å². The average Bonchev–Trinajstić information content (AvgIpc) is 3.07. The zero-order valence-electron chi connectivity index (χ0n) is 29.5. The number of ether oxygens (including phenoxy) is 2. The third kappa shape index (κ3) is 21.2. The first-order valence-electron chi connectivity index (χ1n) is 18.7. The summed E-state index contributed by atoms with van der Waals surface area (Å²) in [6.07, 6.45) is 26.2. The lowest BCUT2D eigenvalue weighted by atomic mass is 9.99. The van der Waals surface area contributed by atoms with E-state index in [1.165, 1.54) is 64.2 Å². The number of amides is 1. The molecule has 1 heterocycles. The quantitative estimate of drug-likeness (QED) is 0.0411. The number of unbranched alkanes of at least 4 members (excludes halogenated alkanes) is 15. The van der Waals surface area contributed by atoms with E-state index in [-0.39, 0.29) is 12.5 Å². The van der Waals surface area contributed by atoms with Gasteiger partial charge in [-0.3, -0.25) is 4.79 Å². The summed E-state index contributed by atoms with van der Waals surface area (Å²) in [4.78, 5) is 12.8. The number of allylic oxidation sites excluding steroid dienone is 5. The second-order valence-electron chi connectivity index (χ2n) is 13.0. The van der Waals surface area contributed by atoms with Crippen LogP contribution in [0.25, 0.3) is 0 Å². The summed E-state index contributed by atoms with van der Waals surface area (Å²) >= 11 is 0. The van der Waals surface area contributed by atoms with Crippen molar-refractivity contribution in [3.05, 3.63) is 36.5 Å². The predicted octanol–water partition coefficient (Wildman–Crippen LogP) is 6.16. The molecule has 1 aliphatic heterocycles. The van der Waals surface area contributed by atoms with Crippen molar-refractivity contribution < 1.29 is 39.8 Å². The van der Waals surface area contributed by atoms with Gasteiger partial charge in [0.2, 0.25) is 5.91 Å². The SMILES string of the molecule is CCCCCC/C=C/CCCCCCCC(=O)N[C@@H](CO[C@H]1O[C@@H](CO)[C@H](O)C(O)C1O)[C@H](O)/C=C/CC/C=C/CCCCCCC. The molecule has 2 unspecified atom stereocenters. The molecule has 1 amide bonds. The van der Waals surface area contributed by atoms with Crippen molar-refractivity contribution in [2.24, 2.45) is 0 Å². The number of hydrogen-bond acceptors (Lipinski definition) is 8. The highest BCUT2D eigenvalue weighted by molar-refractivity contribution is 5.76. The van der Waals surface area contributed by atoms with E-state index in [1.807, 2.05) is 6.08 Å². The number of nitrogens with one attached hydrogen (secondary N) is 1. The van der Waals surface area contributed by atoms with Crippen LogP contribution in [0.3, 0.4) is 0 Å². The van der Waals surface area contributed by atoms with Gasteiger partial charge in [0.05, 0.1) is 25.4 Å². The average molecular weight is 668 g/mol. The number of aliphatic hydroxyl groups is 5. The smallest absolute Gasteiger partial charge is 0.220 e. The molecule has 1 fully saturated rings. The molecule has 0 spiro atoms. The van der Waals surface area contributed by atoms with Gasteiger partial charge in [-0.25, -0.2) is 0 Å². The van der Waals surface area contributed by atoms with Crippen LogP contribution in [0.1, 0.15) is 142 Å². The maximum absolute atomic E-state index is 12.8. The van der Waals surface area contributed by atoms with Gasteiger partial charge < -0.3 is 40.3 Å². The van der Waals surface area contributed by atoms with Crippen LogP contribution in [-0.2, 0) is 14.3 Å². The molecule has 47 heavy (non-hydrogen) atoms. The first kappa shape index (κ1) is 43.4. The first-order valence-corrected chi connectivity index (χ1v) is 18.7. The van der Waals surface area contributed by atoms with E-state index in [2.05, 4.69) is 43.5 Å². The largest absolute Gasteiger partial charge is 0.394 e. The molecule has 9 heteroatoms. The molecule has 0 bridgehead atoms. The molecular weight excluding hydrogens is 598 g/mol. The van der Waals surface area contributed by atoms with E-state index in [9.17, 15) is 30.3 Å². The maximum Gasteiger partial charge on any atom is 0.220 e. The standard InChI is InChI=1S/C38H69NO8/c1-3-5-7-9-11-13-15-16-18-20-22-24-26-28-34(42)39-31(30-46-38-37(45)36(44)35(43)33(29-40)47-38)32(41)27-25-23-21-19-17-14-12-10-8-6-4-2/h13,15,17,19,25,27,31-33,35-38,40-41,43-45H,3-12,14,16,18,20-24,26,28-30H2,1-2H3,(H,39,42)/b15-13+,19-17+,27-25+/t31-,32+,33-,35-,36?,37?,38-/m0/s1. The molecule has 0 aliphatic carbocycles. The Kier molecular flexibility index (Phi) is 27.1. The van der Waals surface area contributed by atoms with Gasteiger partial charge in [-0.1, -0.05) is 115 Å². The highest BCUT2D eigenvalue weighted by atomic mass is 16.7. The molecule has 9 nitrogen and oxygen atoms in total. The highest BCUT2D eigenvalue weighted by Crippen LogP contribution is 2.22. The van der Waals surface area contributed by atoms with Gasteiger partial charge in [-0.15, -0.1) is 0 Å². The van der Waals surface area contributed by atoms with E-state index in [4.69, 9.17) is 9.47 Å². The molecule has 0 aromatic heterocycles. The number of hydrogen-bond donors (Lipinski definition) is 6. The second kappa shape index (κ2) is 29.3. The monoisotopic (exact) mass is 668 g/mol. The van der Waals surface area contributed by atoms with Gasteiger partial charge in [-0.05, 0) is 57.8 Å². The summed E-state index contributed by atoms with van der Waals surface area (Å²) in [5.74, 6) is -0.201. The van der Waals surface area contributed by atoms with Gasteiger partial charge >= 0.3 is 0 Å². The van der Waals surface area contributed by atoms with E-state index in [1.54, 1.807) is 6.08 Å². The minimum absolute atomic E-state index is 0.201. The van der Waals surface area contributed by atoms with E-state index < -0.39 is 49.5 Å². The zero-order valence-corrected chi connectivity index (χ0v) is 29.5. The van der Waals surface area contributed by atoms with Crippen molar-refractivity contribution in [2.45, 2.75) is 185 Å². The van der Waals surface area contributed by atoms with Gasteiger partial charge in [0.1, 0.15) is 24.4 Å². The van der Waals surface area contributed by atoms with Crippen molar-refractivity contribution in [1.82, 2.24) is 5.32 Å². The van der Waals surface area contributed by atoms with Crippen LogP contribution in [-0.4, -0.2) is 87.5 Å². The number of rotatable bonds is 29. The molecule has 0 aromatic rings. The molecular formula is C38H69NO8. The molecule has 0 saturated carbocycles. The van der Waals surface area contributed by atoms with Crippen molar-refractivity contribution in [2.75, 3.05) is 13.2 Å². The third-order valence-electron chi connectivity index (χ3n) is 8.69. The predicted molar refractivity (Wildman–Crippen MR) is 189 cm³/mol. The molecule has 1 rings (SSSR count). The minimum atomic E-state index is -1.57. The van der Waals surface area contributed by atoms with E-state index in [0.29, 0.717) is 6.42 Å². The Morgan fingerprint density at radius 3 is 1.81 bits per heavy atom. The summed E-state index contributed by atoms with van der Waals surface area (Å²) in [6.45, 7) is 3.67. The lowest BCUT2D eigenvalue weighted by Crippen LogP contribution is -2.60. The lowest BCUT2D eigenvalue weighted by molar-refractivity contribution is -0.302. The normalized spacial score (nSPS) is 23.3. The molecule has 1 aliphatic rings.